The first-order chi connectivity index (χ1) is 10.2. The van der Waals surface area contributed by atoms with E-state index in [1.165, 1.54) is 0 Å². The highest BCUT2D eigenvalue weighted by Crippen LogP contribution is 2.42. The van der Waals surface area contributed by atoms with Crippen LogP contribution in [0.3, 0.4) is 0 Å². The summed E-state index contributed by atoms with van der Waals surface area (Å²) >= 11 is 0. The molecule has 1 aliphatic heterocycles. The van der Waals surface area contributed by atoms with Gasteiger partial charge in [0.25, 0.3) is 0 Å². The zero-order valence-corrected chi connectivity index (χ0v) is 12.1. The van der Waals surface area contributed by atoms with Gasteiger partial charge in [-0.1, -0.05) is 12.1 Å². The topological polar surface area (TPSA) is 47.9 Å². The Bertz CT molecular complexity index is 621. The Balaban J connectivity index is 1.88. The van der Waals surface area contributed by atoms with Crippen molar-refractivity contribution in [2.75, 3.05) is 20.8 Å². The predicted octanol–water partition coefficient (Wildman–Crippen LogP) is 2.91. The molecule has 1 aliphatic rings. The summed E-state index contributed by atoms with van der Waals surface area (Å²) in [5.74, 6) is 2.13. The number of aliphatic hydroxyl groups is 1. The minimum absolute atomic E-state index is 0.0863. The van der Waals surface area contributed by atoms with Gasteiger partial charge in [0.1, 0.15) is 17.2 Å². The SMILES string of the molecule is COc1ccc([C@@H]2COc3cc(OC)ccc3[C@H]2O)cc1. The molecule has 0 unspecified atom stereocenters. The summed E-state index contributed by atoms with van der Waals surface area (Å²) in [6, 6.07) is 13.2. The number of ether oxygens (including phenoxy) is 3. The van der Waals surface area contributed by atoms with E-state index in [9.17, 15) is 5.11 Å². The van der Waals surface area contributed by atoms with Crippen LogP contribution < -0.4 is 14.2 Å². The summed E-state index contributed by atoms with van der Waals surface area (Å²) in [4.78, 5) is 0. The van der Waals surface area contributed by atoms with Gasteiger partial charge in [0.05, 0.1) is 26.9 Å². The van der Waals surface area contributed by atoms with Crippen molar-refractivity contribution in [3.63, 3.8) is 0 Å². The molecule has 4 heteroatoms. The van der Waals surface area contributed by atoms with E-state index in [1.54, 1.807) is 14.2 Å². The molecule has 2 atom stereocenters. The van der Waals surface area contributed by atoms with Crippen LogP contribution in [0.4, 0.5) is 0 Å². The molecule has 1 N–H and O–H groups in total. The standard InChI is InChI=1S/C17H18O4/c1-19-12-5-3-11(4-6-12)15-10-21-16-9-13(20-2)7-8-14(16)17(15)18/h3-9,15,17-18H,10H2,1-2H3/t15-,17+/m0/s1. The highest BCUT2D eigenvalue weighted by Gasteiger charge is 2.30. The Kier molecular flexibility index (Phi) is 3.71. The van der Waals surface area contributed by atoms with Crippen LogP contribution in [0.1, 0.15) is 23.1 Å². The second-order valence-electron chi connectivity index (χ2n) is 5.04. The van der Waals surface area contributed by atoms with Crippen molar-refractivity contribution in [1.82, 2.24) is 0 Å². The number of hydrogen-bond acceptors (Lipinski definition) is 4. The van der Waals surface area contributed by atoms with E-state index < -0.39 is 6.10 Å². The van der Waals surface area contributed by atoms with Crippen molar-refractivity contribution in [2.45, 2.75) is 12.0 Å². The van der Waals surface area contributed by atoms with Gasteiger partial charge in [-0.15, -0.1) is 0 Å². The first-order valence-corrected chi connectivity index (χ1v) is 6.85. The average molecular weight is 286 g/mol. The third-order valence-corrected chi connectivity index (χ3v) is 3.88. The van der Waals surface area contributed by atoms with Crippen molar-refractivity contribution in [1.29, 1.82) is 0 Å². The summed E-state index contributed by atoms with van der Waals surface area (Å²) in [5, 5.41) is 10.6. The van der Waals surface area contributed by atoms with E-state index in [4.69, 9.17) is 14.2 Å². The number of aliphatic hydroxyl groups excluding tert-OH is 1. The first kappa shape index (κ1) is 13.8. The van der Waals surface area contributed by atoms with Crippen LogP contribution in [-0.2, 0) is 0 Å². The van der Waals surface area contributed by atoms with E-state index in [2.05, 4.69) is 0 Å². The first-order valence-electron chi connectivity index (χ1n) is 6.85. The molecule has 0 saturated heterocycles. The molecule has 21 heavy (non-hydrogen) atoms. The van der Waals surface area contributed by atoms with Crippen LogP contribution in [0.2, 0.25) is 0 Å². The fourth-order valence-electron chi connectivity index (χ4n) is 2.63. The van der Waals surface area contributed by atoms with Gasteiger partial charge < -0.3 is 19.3 Å². The van der Waals surface area contributed by atoms with Crippen LogP contribution in [0.5, 0.6) is 17.2 Å². The number of hydrogen-bond donors (Lipinski definition) is 1. The van der Waals surface area contributed by atoms with Crippen molar-refractivity contribution in [2.24, 2.45) is 0 Å². The van der Waals surface area contributed by atoms with Gasteiger partial charge in [0.15, 0.2) is 0 Å². The Morgan fingerprint density at radius 2 is 1.67 bits per heavy atom. The molecule has 0 aliphatic carbocycles. The highest BCUT2D eigenvalue weighted by atomic mass is 16.5. The van der Waals surface area contributed by atoms with Gasteiger partial charge in [-0.3, -0.25) is 0 Å². The number of benzene rings is 2. The molecule has 0 fully saturated rings. The fourth-order valence-corrected chi connectivity index (χ4v) is 2.63. The van der Waals surface area contributed by atoms with Gasteiger partial charge >= 0.3 is 0 Å². The van der Waals surface area contributed by atoms with Crippen LogP contribution in [0.25, 0.3) is 0 Å². The summed E-state index contributed by atoms with van der Waals surface area (Å²) in [7, 11) is 3.25. The molecule has 2 aromatic rings. The van der Waals surface area contributed by atoms with Crippen molar-refractivity contribution >= 4 is 0 Å². The normalized spacial score (nSPS) is 20.3. The maximum atomic E-state index is 10.6. The molecule has 2 aromatic carbocycles. The molecule has 0 amide bonds. The molecular formula is C17H18O4. The van der Waals surface area contributed by atoms with Gasteiger partial charge in [0.2, 0.25) is 0 Å². The monoisotopic (exact) mass is 286 g/mol. The molecular weight excluding hydrogens is 268 g/mol. The molecule has 0 spiro atoms. The van der Waals surface area contributed by atoms with Crippen molar-refractivity contribution in [3.8, 4) is 17.2 Å². The summed E-state index contributed by atoms with van der Waals surface area (Å²) in [5.41, 5.74) is 1.83. The summed E-state index contributed by atoms with van der Waals surface area (Å²) in [6.07, 6.45) is -0.590. The summed E-state index contributed by atoms with van der Waals surface area (Å²) < 4.78 is 16.1. The van der Waals surface area contributed by atoms with Gasteiger partial charge in [0, 0.05) is 17.5 Å². The quantitative estimate of drug-likeness (QED) is 0.942. The van der Waals surface area contributed by atoms with Gasteiger partial charge in [-0.25, -0.2) is 0 Å². The minimum Gasteiger partial charge on any atom is -0.497 e. The smallest absolute Gasteiger partial charge is 0.128 e. The average Bonchev–Trinajstić information content (AvgIpc) is 2.55. The Labute approximate surface area is 123 Å². The number of methoxy groups -OCH3 is 2. The number of fused-ring (bicyclic) bond motifs is 1. The lowest BCUT2D eigenvalue weighted by atomic mass is 9.87. The molecule has 110 valence electrons. The lowest BCUT2D eigenvalue weighted by Gasteiger charge is -2.30. The lowest BCUT2D eigenvalue weighted by molar-refractivity contribution is 0.0887. The molecule has 4 nitrogen and oxygen atoms in total. The van der Waals surface area contributed by atoms with Crippen LogP contribution in [0.15, 0.2) is 42.5 Å². The van der Waals surface area contributed by atoms with Gasteiger partial charge in [-0.2, -0.15) is 0 Å². The highest BCUT2D eigenvalue weighted by molar-refractivity contribution is 5.45. The van der Waals surface area contributed by atoms with Crippen molar-refractivity contribution in [3.05, 3.63) is 53.6 Å². The molecule has 0 saturated carbocycles. The molecule has 0 radical (unpaired) electrons. The molecule has 0 bridgehead atoms. The number of rotatable bonds is 3. The minimum atomic E-state index is -0.590. The Morgan fingerprint density at radius 1 is 1.00 bits per heavy atom. The fraction of sp³-hybridized carbons (Fsp3) is 0.294. The third kappa shape index (κ3) is 2.54. The van der Waals surface area contributed by atoms with Gasteiger partial charge in [-0.05, 0) is 29.8 Å². The zero-order valence-electron chi connectivity index (χ0n) is 12.1. The van der Waals surface area contributed by atoms with Crippen LogP contribution in [-0.4, -0.2) is 25.9 Å². The van der Waals surface area contributed by atoms with Crippen LogP contribution >= 0.6 is 0 Å². The predicted molar refractivity (Wildman–Crippen MR) is 79.2 cm³/mol. The maximum absolute atomic E-state index is 10.6. The maximum Gasteiger partial charge on any atom is 0.128 e. The van der Waals surface area contributed by atoms with Crippen molar-refractivity contribution < 1.29 is 19.3 Å². The second-order valence-corrected chi connectivity index (χ2v) is 5.04. The van der Waals surface area contributed by atoms with E-state index in [1.807, 2.05) is 42.5 Å². The third-order valence-electron chi connectivity index (χ3n) is 3.88. The largest absolute Gasteiger partial charge is 0.497 e. The lowest BCUT2D eigenvalue weighted by Crippen LogP contribution is -2.24. The van der Waals surface area contributed by atoms with E-state index >= 15 is 0 Å². The molecule has 1 heterocycles. The Morgan fingerprint density at radius 3 is 2.33 bits per heavy atom. The molecule has 0 aromatic heterocycles. The van der Waals surface area contributed by atoms with Crippen LogP contribution in [0, 0.1) is 0 Å². The second kappa shape index (κ2) is 5.66. The van der Waals surface area contributed by atoms with E-state index in [0.717, 1.165) is 22.6 Å². The molecule has 3 rings (SSSR count). The summed E-state index contributed by atoms with van der Waals surface area (Å²) in [6.45, 7) is 0.438. The zero-order chi connectivity index (χ0) is 14.8. The van der Waals surface area contributed by atoms with E-state index in [0.29, 0.717) is 12.4 Å². The Hall–Kier alpha value is -2.20. The van der Waals surface area contributed by atoms with E-state index in [-0.39, 0.29) is 5.92 Å².